The molecule has 0 atom stereocenters. The Bertz CT molecular complexity index is 976. The standard InChI is InChI=1S/C24H23FN2O2/c1-17-12-21(15-26-27-23(28)14-19-6-4-3-5-7-19)13-18(2)24(17)29-16-20-8-10-22(25)11-9-20/h3-13,15H,14,16H2,1-2H3,(H,27,28)/b26-15+. The smallest absolute Gasteiger partial charge is 0.244 e. The Morgan fingerprint density at radius 1 is 1.00 bits per heavy atom. The Labute approximate surface area is 170 Å². The van der Waals surface area contributed by atoms with Gasteiger partial charge in [0, 0.05) is 0 Å². The van der Waals surface area contributed by atoms with Crippen LogP contribution < -0.4 is 10.2 Å². The summed E-state index contributed by atoms with van der Waals surface area (Å²) in [4.78, 5) is 12.0. The molecule has 1 N–H and O–H groups in total. The number of halogens is 1. The average Bonchev–Trinajstić information content (AvgIpc) is 2.69. The van der Waals surface area contributed by atoms with Crippen LogP contribution in [0.5, 0.6) is 5.75 Å². The summed E-state index contributed by atoms with van der Waals surface area (Å²) in [5, 5.41) is 4.05. The van der Waals surface area contributed by atoms with E-state index >= 15 is 0 Å². The second-order valence-corrected chi connectivity index (χ2v) is 6.85. The molecule has 1 amide bonds. The molecule has 0 aliphatic rings. The van der Waals surface area contributed by atoms with E-state index in [1.54, 1.807) is 18.3 Å². The van der Waals surface area contributed by atoms with Crippen molar-refractivity contribution >= 4 is 12.1 Å². The van der Waals surface area contributed by atoms with E-state index in [-0.39, 0.29) is 18.1 Å². The van der Waals surface area contributed by atoms with E-state index in [0.717, 1.165) is 33.6 Å². The number of hydrogen-bond donors (Lipinski definition) is 1. The minimum absolute atomic E-state index is 0.167. The third kappa shape index (κ3) is 6.01. The first-order chi connectivity index (χ1) is 14.0. The van der Waals surface area contributed by atoms with Crippen LogP contribution in [0.15, 0.2) is 71.8 Å². The zero-order valence-electron chi connectivity index (χ0n) is 16.5. The molecule has 0 aliphatic heterocycles. The largest absolute Gasteiger partial charge is 0.488 e. The van der Waals surface area contributed by atoms with Crippen LogP contribution in [-0.4, -0.2) is 12.1 Å². The van der Waals surface area contributed by atoms with Crippen molar-refractivity contribution in [3.8, 4) is 5.75 Å². The molecule has 0 spiro atoms. The average molecular weight is 390 g/mol. The molecule has 0 aromatic heterocycles. The molecule has 3 aromatic carbocycles. The van der Waals surface area contributed by atoms with Gasteiger partial charge in [0.2, 0.25) is 5.91 Å². The van der Waals surface area contributed by atoms with E-state index in [0.29, 0.717) is 6.61 Å². The molecule has 5 heteroatoms. The highest BCUT2D eigenvalue weighted by Gasteiger charge is 2.07. The molecule has 3 rings (SSSR count). The number of benzene rings is 3. The lowest BCUT2D eigenvalue weighted by Crippen LogP contribution is -2.19. The summed E-state index contributed by atoms with van der Waals surface area (Å²) < 4.78 is 18.9. The summed E-state index contributed by atoms with van der Waals surface area (Å²) in [6.45, 7) is 4.28. The molecule has 0 aliphatic carbocycles. The maximum absolute atomic E-state index is 13.0. The van der Waals surface area contributed by atoms with E-state index in [1.807, 2.05) is 56.3 Å². The normalized spacial score (nSPS) is 10.9. The van der Waals surface area contributed by atoms with Crippen LogP contribution in [0, 0.1) is 19.7 Å². The van der Waals surface area contributed by atoms with Gasteiger partial charge >= 0.3 is 0 Å². The van der Waals surface area contributed by atoms with E-state index in [2.05, 4.69) is 10.5 Å². The summed E-state index contributed by atoms with van der Waals surface area (Å²) in [6, 6.07) is 19.7. The highest BCUT2D eigenvalue weighted by Crippen LogP contribution is 2.25. The van der Waals surface area contributed by atoms with Crippen molar-refractivity contribution in [3.63, 3.8) is 0 Å². The molecule has 0 fully saturated rings. The number of carbonyl (C=O) groups excluding carboxylic acids is 1. The number of nitrogens with one attached hydrogen (secondary N) is 1. The zero-order valence-corrected chi connectivity index (χ0v) is 16.5. The van der Waals surface area contributed by atoms with Gasteiger partial charge in [0.1, 0.15) is 18.2 Å². The lowest BCUT2D eigenvalue weighted by molar-refractivity contribution is -0.120. The van der Waals surface area contributed by atoms with E-state index in [9.17, 15) is 9.18 Å². The number of ether oxygens (including phenoxy) is 1. The second kappa shape index (κ2) is 9.64. The van der Waals surface area contributed by atoms with Gasteiger partial charge in [0.25, 0.3) is 0 Å². The second-order valence-electron chi connectivity index (χ2n) is 6.85. The predicted octanol–water partition coefficient (Wildman–Crippen LogP) is 4.71. The molecule has 0 saturated carbocycles. The Hall–Kier alpha value is -3.47. The summed E-state index contributed by atoms with van der Waals surface area (Å²) in [5.41, 5.74) is 7.19. The van der Waals surface area contributed by atoms with Gasteiger partial charge in [-0.15, -0.1) is 0 Å². The molecule has 0 heterocycles. The van der Waals surface area contributed by atoms with Crippen molar-refractivity contribution < 1.29 is 13.9 Å². The topological polar surface area (TPSA) is 50.7 Å². The Morgan fingerprint density at radius 3 is 2.31 bits per heavy atom. The van der Waals surface area contributed by atoms with Crippen LogP contribution in [0.25, 0.3) is 0 Å². The van der Waals surface area contributed by atoms with Crippen LogP contribution >= 0.6 is 0 Å². The van der Waals surface area contributed by atoms with Crippen molar-refractivity contribution in [2.75, 3.05) is 0 Å². The molecule has 0 bridgehead atoms. The molecule has 4 nitrogen and oxygen atoms in total. The lowest BCUT2D eigenvalue weighted by atomic mass is 10.1. The number of amides is 1. The number of rotatable bonds is 7. The van der Waals surface area contributed by atoms with E-state index < -0.39 is 0 Å². The van der Waals surface area contributed by atoms with Crippen LogP contribution in [0.4, 0.5) is 4.39 Å². The highest BCUT2D eigenvalue weighted by molar-refractivity contribution is 5.84. The molecule has 29 heavy (non-hydrogen) atoms. The van der Waals surface area contributed by atoms with Crippen LogP contribution in [0.3, 0.4) is 0 Å². The summed E-state index contributed by atoms with van der Waals surface area (Å²) >= 11 is 0. The van der Waals surface area contributed by atoms with Crippen molar-refractivity contribution in [1.82, 2.24) is 5.43 Å². The van der Waals surface area contributed by atoms with E-state index in [4.69, 9.17) is 4.74 Å². The van der Waals surface area contributed by atoms with Gasteiger partial charge in [0.15, 0.2) is 0 Å². The monoisotopic (exact) mass is 390 g/mol. The van der Waals surface area contributed by atoms with E-state index in [1.165, 1.54) is 12.1 Å². The highest BCUT2D eigenvalue weighted by atomic mass is 19.1. The molecule has 0 unspecified atom stereocenters. The van der Waals surface area contributed by atoms with Gasteiger partial charge < -0.3 is 4.74 Å². The molecule has 3 aromatic rings. The quantitative estimate of drug-likeness (QED) is 0.469. The predicted molar refractivity (Wildman–Crippen MR) is 113 cm³/mol. The minimum Gasteiger partial charge on any atom is -0.488 e. The third-order valence-electron chi connectivity index (χ3n) is 4.39. The minimum atomic E-state index is -0.263. The van der Waals surface area contributed by atoms with Crippen molar-refractivity contribution in [1.29, 1.82) is 0 Å². The molecular formula is C24H23FN2O2. The number of aryl methyl sites for hydroxylation is 2. The molecule has 0 radical (unpaired) electrons. The first-order valence-corrected chi connectivity index (χ1v) is 9.35. The van der Waals surface area contributed by atoms with Crippen molar-refractivity contribution in [3.05, 3.63) is 100 Å². The van der Waals surface area contributed by atoms with Gasteiger partial charge in [0.05, 0.1) is 12.6 Å². The number of hydrazone groups is 1. The maximum atomic E-state index is 13.0. The van der Waals surface area contributed by atoms with Crippen molar-refractivity contribution in [2.24, 2.45) is 5.10 Å². The first kappa shape index (κ1) is 20.3. The van der Waals surface area contributed by atoms with Crippen molar-refractivity contribution in [2.45, 2.75) is 26.9 Å². The van der Waals surface area contributed by atoms with Gasteiger partial charge in [-0.05, 0) is 65.9 Å². The molecule has 0 saturated heterocycles. The maximum Gasteiger partial charge on any atom is 0.244 e. The Balaban J connectivity index is 1.58. The number of hydrogen-bond acceptors (Lipinski definition) is 3. The zero-order chi connectivity index (χ0) is 20.6. The fraction of sp³-hybridized carbons (Fsp3) is 0.167. The molecule has 148 valence electrons. The summed E-state index contributed by atoms with van der Waals surface area (Å²) in [7, 11) is 0. The van der Waals surface area contributed by atoms with Gasteiger partial charge in [-0.1, -0.05) is 42.5 Å². The Morgan fingerprint density at radius 2 is 1.66 bits per heavy atom. The first-order valence-electron chi connectivity index (χ1n) is 9.35. The van der Waals surface area contributed by atoms with Gasteiger partial charge in [-0.3, -0.25) is 4.79 Å². The number of carbonyl (C=O) groups is 1. The van der Waals surface area contributed by atoms with Crippen LogP contribution in [0.2, 0.25) is 0 Å². The molecular weight excluding hydrogens is 367 g/mol. The lowest BCUT2D eigenvalue weighted by Gasteiger charge is -2.13. The Kier molecular flexibility index (Phi) is 6.74. The SMILES string of the molecule is Cc1cc(/C=N/NC(=O)Cc2ccccc2)cc(C)c1OCc1ccc(F)cc1. The fourth-order valence-corrected chi connectivity index (χ4v) is 3.02. The van der Waals surface area contributed by atoms with Crippen LogP contribution in [0.1, 0.15) is 27.8 Å². The fourth-order valence-electron chi connectivity index (χ4n) is 3.02. The third-order valence-corrected chi connectivity index (χ3v) is 4.39. The van der Waals surface area contributed by atoms with Crippen LogP contribution in [-0.2, 0) is 17.8 Å². The summed E-state index contributed by atoms with van der Waals surface area (Å²) in [6.07, 6.45) is 1.90. The van der Waals surface area contributed by atoms with Gasteiger partial charge in [-0.2, -0.15) is 5.10 Å². The number of nitrogens with zero attached hydrogens (tertiary/aromatic N) is 1. The van der Waals surface area contributed by atoms with Gasteiger partial charge in [-0.25, -0.2) is 9.82 Å². The summed E-state index contributed by atoms with van der Waals surface area (Å²) in [5.74, 6) is 0.361.